The molecule has 0 aliphatic carbocycles. The summed E-state index contributed by atoms with van der Waals surface area (Å²) < 4.78 is 32.0. The summed E-state index contributed by atoms with van der Waals surface area (Å²) in [6.07, 6.45) is 1.34. The Labute approximate surface area is 238 Å². The van der Waals surface area contributed by atoms with Crippen LogP contribution in [-0.4, -0.2) is 57.6 Å². The standard InChI is InChI=1S/C31H39N3O5S/c1-23(2)20-32-31(36)29(19-25-9-7-6-8-10-25)33(21-26-13-11-24(3)12-14-26)30(35)22-34(40(5,37)38)27-15-17-28(39-4)18-16-27/h6-18,23,29H,19-22H2,1-5H3,(H,32,36)/t29-/m1/s1. The van der Waals surface area contributed by atoms with Crippen LogP contribution in [0, 0.1) is 12.8 Å². The number of methoxy groups -OCH3 is 1. The molecule has 0 aromatic heterocycles. The molecule has 0 saturated heterocycles. The van der Waals surface area contributed by atoms with E-state index in [0.29, 0.717) is 18.0 Å². The number of benzene rings is 3. The first kappa shape index (κ1) is 30.7. The maximum atomic E-state index is 14.1. The topological polar surface area (TPSA) is 96.0 Å². The van der Waals surface area contributed by atoms with Crippen molar-refractivity contribution in [3.63, 3.8) is 0 Å². The van der Waals surface area contributed by atoms with Gasteiger partial charge in [-0.15, -0.1) is 0 Å². The molecule has 0 aliphatic rings. The fourth-order valence-corrected chi connectivity index (χ4v) is 5.08. The molecular weight excluding hydrogens is 526 g/mol. The lowest BCUT2D eigenvalue weighted by molar-refractivity contribution is -0.140. The first-order chi connectivity index (χ1) is 19.0. The van der Waals surface area contributed by atoms with E-state index in [1.165, 1.54) is 12.0 Å². The van der Waals surface area contributed by atoms with E-state index in [2.05, 4.69) is 5.32 Å². The normalized spacial score (nSPS) is 12.1. The highest BCUT2D eigenvalue weighted by Crippen LogP contribution is 2.23. The van der Waals surface area contributed by atoms with Gasteiger partial charge in [0.15, 0.2) is 0 Å². The third kappa shape index (κ3) is 8.84. The number of aryl methyl sites for hydroxylation is 1. The van der Waals surface area contributed by atoms with E-state index in [4.69, 9.17) is 4.74 Å². The van der Waals surface area contributed by atoms with Gasteiger partial charge in [-0.2, -0.15) is 0 Å². The fourth-order valence-electron chi connectivity index (χ4n) is 4.23. The molecule has 3 aromatic carbocycles. The fraction of sp³-hybridized carbons (Fsp3) is 0.355. The van der Waals surface area contributed by atoms with Crippen molar-refractivity contribution in [2.45, 2.75) is 39.8 Å². The van der Waals surface area contributed by atoms with E-state index in [-0.39, 0.29) is 24.8 Å². The lowest BCUT2D eigenvalue weighted by atomic mass is 10.0. The number of carbonyl (C=O) groups excluding carboxylic acids is 2. The molecule has 0 fully saturated rings. The average molecular weight is 566 g/mol. The van der Waals surface area contributed by atoms with E-state index < -0.39 is 28.5 Å². The van der Waals surface area contributed by atoms with Gasteiger partial charge >= 0.3 is 0 Å². The van der Waals surface area contributed by atoms with Gasteiger partial charge in [0.2, 0.25) is 21.8 Å². The van der Waals surface area contributed by atoms with E-state index in [0.717, 1.165) is 27.3 Å². The number of nitrogens with zero attached hydrogens (tertiary/aromatic N) is 2. The van der Waals surface area contributed by atoms with Crippen molar-refractivity contribution in [1.29, 1.82) is 0 Å². The molecule has 0 spiro atoms. The molecule has 0 unspecified atom stereocenters. The number of carbonyl (C=O) groups is 2. The minimum atomic E-state index is -3.83. The Morgan fingerprint density at radius 2 is 1.52 bits per heavy atom. The molecule has 3 aromatic rings. The van der Waals surface area contributed by atoms with Crippen LogP contribution in [0.2, 0.25) is 0 Å². The maximum Gasteiger partial charge on any atom is 0.244 e. The zero-order valence-electron chi connectivity index (χ0n) is 23.8. The van der Waals surface area contributed by atoms with Crippen LogP contribution in [0.3, 0.4) is 0 Å². The molecule has 8 nitrogen and oxygen atoms in total. The van der Waals surface area contributed by atoms with Gasteiger partial charge in [-0.3, -0.25) is 13.9 Å². The summed E-state index contributed by atoms with van der Waals surface area (Å²) in [5, 5.41) is 2.98. The van der Waals surface area contributed by atoms with Crippen LogP contribution in [0.15, 0.2) is 78.9 Å². The number of ether oxygens (including phenoxy) is 1. The van der Waals surface area contributed by atoms with Crippen LogP contribution in [0.5, 0.6) is 5.75 Å². The van der Waals surface area contributed by atoms with E-state index in [9.17, 15) is 18.0 Å². The molecule has 0 saturated carbocycles. The molecule has 2 amide bonds. The van der Waals surface area contributed by atoms with Gasteiger partial charge in [0.1, 0.15) is 18.3 Å². The summed E-state index contributed by atoms with van der Waals surface area (Å²) in [6, 6.07) is 22.8. The van der Waals surface area contributed by atoms with Gasteiger partial charge in [0.25, 0.3) is 0 Å². The van der Waals surface area contributed by atoms with Crippen LogP contribution >= 0.6 is 0 Å². The van der Waals surface area contributed by atoms with Gasteiger partial charge in [0, 0.05) is 19.5 Å². The van der Waals surface area contributed by atoms with E-state index >= 15 is 0 Å². The quantitative estimate of drug-likeness (QED) is 0.336. The van der Waals surface area contributed by atoms with Crippen molar-refractivity contribution in [3.05, 3.63) is 95.6 Å². The Kier molecular flexibility index (Phi) is 10.7. The highest BCUT2D eigenvalue weighted by atomic mass is 32.2. The van der Waals surface area contributed by atoms with Gasteiger partial charge < -0.3 is 15.0 Å². The Balaban J connectivity index is 2.03. The van der Waals surface area contributed by atoms with Crippen LogP contribution in [0.25, 0.3) is 0 Å². The van der Waals surface area contributed by atoms with Crippen molar-refractivity contribution in [2.24, 2.45) is 5.92 Å². The summed E-state index contributed by atoms with van der Waals surface area (Å²) in [6.45, 7) is 6.12. The maximum absolute atomic E-state index is 14.1. The molecule has 0 aliphatic heterocycles. The lowest BCUT2D eigenvalue weighted by Gasteiger charge is -2.33. The number of anilines is 1. The molecule has 0 bridgehead atoms. The number of rotatable bonds is 13. The van der Waals surface area contributed by atoms with Crippen molar-refractivity contribution in [1.82, 2.24) is 10.2 Å². The largest absolute Gasteiger partial charge is 0.497 e. The number of hydrogen-bond acceptors (Lipinski definition) is 5. The third-order valence-corrected chi connectivity index (χ3v) is 7.61. The van der Waals surface area contributed by atoms with Gasteiger partial charge in [-0.25, -0.2) is 8.42 Å². The predicted molar refractivity (Wildman–Crippen MR) is 159 cm³/mol. The van der Waals surface area contributed by atoms with Gasteiger partial charge in [0.05, 0.1) is 19.1 Å². The molecule has 9 heteroatoms. The SMILES string of the molecule is COc1ccc(N(CC(=O)N(Cc2ccc(C)cc2)[C@H](Cc2ccccc2)C(=O)NCC(C)C)S(C)(=O)=O)cc1. The monoisotopic (exact) mass is 565 g/mol. The Bertz CT molecular complexity index is 1360. The predicted octanol–water partition coefficient (Wildman–Crippen LogP) is 4.18. The Morgan fingerprint density at radius 3 is 2.08 bits per heavy atom. The number of sulfonamides is 1. The molecule has 1 atom stereocenters. The van der Waals surface area contributed by atoms with Crippen LogP contribution < -0.4 is 14.4 Å². The van der Waals surface area contributed by atoms with Crippen LogP contribution in [-0.2, 0) is 32.6 Å². The smallest absolute Gasteiger partial charge is 0.244 e. The number of amides is 2. The van der Waals surface area contributed by atoms with Crippen molar-refractivity contribution in [3.8, 4) is 5.75 Å². The zero-order chi connectivity index (χ0) is 29.3. The first-order valence-corrected chi connectivity index (χ1v) is 15.1. The van der Waals surface area contributed by atoms with Gasteiger partial charge in [-0.1, -0.05) is 74.0 Å². The van der Waals surface area contributed by atoms with Gasteiger partial charge in [-0.05, 0) is 48.2 Å². The summed E-state index contributed by atoms with van der Waals surface area (Å²) in [4.78, 5) is 29.2. The third-order valence-electron chi connectivity index (χ3n) is 6.47. The molecule has 1 N–H and O–H groups in total. The van der Waals surface area contributed by atoms with Crippen molar-refractivity contribution in [2.75, 3.05) is 30.8 Å². The average Bonchev–Trinajstić information content (AvgIpc) is 2.93. The summed E-state index contributed by atoms with van der Waals surface area (Å²) in [5.41, 5.74) is 3.13. The van der Waals surface area contributed by atoms with E-state index in [1.54, 1.807) is 24.3 Å². The Morgan fingerprint density at radius 1 is 0.900 bits per heavy atom. The Hall–Kier alpha value is -3.85. The van der Waals surface area contributed by atoms with Crippen molar-refractivity contribution < 1.29 is 22.7 Å². The second-order valence-corrected chi connectivity index (χ2v) is 12.2. The zero-order valence-corrected chi connectivity index (χ0v) is 24.6. The van der Waals surface area contributed by atoms with E-state index in [1.807, 2.05) is 75.4 Å². The lowest BCUT2D eigenvalue weighted by Crippen LogP contribution is -2.53. The molecule has 40 heavy (non-hydrogen) atoms. The molecule has 214 valence electrons. The highest BCUT2D eigenvalue weighted by molar-refractivity contribution is 7.92. The second kappa shape index (κ2) is 14.0. The minimum Gasteiger partial charge on any atom is -0.497 e. The molecular formula is C31H39N3O5S. The molecule has 0 radical (unpaired) electrons. The first-order valence-electron chi connectivity index (χ1n) is 13.3. The number of hydrogen-bond donors (Lipinski definition) is 1. The summed E-state index contributed by atoms with van der Waals surface area (Å²) >= 11 is 0. The summed E-state index contributed by atoms with van der Waals surface area (Å²) in [7, 11) is -2.31. The molecule has 3 rings (SSSR count). The van der Waals surface area contributed by atoms with Crippen molar-refractivity contribution >= 4 is 27.5 Å². The second-order valence-electron chi connectivity index (χ2n) is 10.3. The highest BCUT2D eigenvalue weighted by Gasteiger charge is 2.33. The van der Waals surface area contributed by atoms with Crippen LogP contribution in [0.4, 0.5) is 5.69 Å². The number of nitrogens with one attached hydrogen (secondary N) is 1. The van der Waals surface area contributed by atoms with Crippen LogP contribution in [0.1, 0.15) is 30.5 Å². The molecule has 0 heterocycles. The minimum absolute atomic E-state index is 0.145. The summed E-state index contributed by atoms with van der Waals surface area (Å²) in [5.74, 6) is 0.0171.